The number of rotatable bonds is 7. The van der Waals surface area contributed by atoms with Gasteiger partial charge < -0.3 is 14.1 Å². The number of amides is 1. The van der Waals surface area contributed by atoms with Crippen molar-refractivity contribution in [1.82, 2.24) is 24.8 Å². The van der Waals surface area contributed by atoms with Crippen molar-refractivity contribution in [2.24, 2.45) is 0 Å². The first-order valence-corrected chi connectivity index (χ1v) is 14.2. The molecule has 2 saturated heterocycles. The molecule has 0 saturated carbocycles. The Morgan fingerprint density at radius 3 is 2.54 bits per heavy atom. The van der Waals surface area contributed by atoms with E-state index in [4.69, 9.17) is 20.8 Å². The number of hydrogen-bond donors (Lipinski definition) is 2. The fourth-order valence-corrected chi connectivity index (χ4v) is 6.71. The fourth-order valence-electron chi connectivity index (χ4n) is 5.30. The van der Waals surface area contributed by atoms with Crippen molar-refractivity contribution in [3.63, 3.8) is 0 Å². The molecule has 208 valence electrons. The molecular formula is C25H27ClFN5O6S. The van der Waals surface area contributed by atoms with E-state index >= 15 is 0 Å². The summed E-state index contributed by atoms with van der Waals surface area (Å²) in [5, 5.41) is 5.43. The van der Waals surface area contributed by atoms with Gasteiger partial charge >= 0.3 is 5.76 Å². The van der Waals surface area contributed by atoms with Crippen molar-refractivity contribution in [2.45, 2.75) is 62.7 Å². The summed E-state index contributed by atoms with van der Waals surface area (Å²) < 4.78 is 55.2. The number of pyridine rings is 1. The number of fused-ring (bicyclic) bond motifs is 2. The number of carbonyl (C=O) groups excluding carboxylic acids is 1. The summed E-state index contributed by atoms with van der Waals surface area (Å²) in [7, 11) is -4.46. The lowest BCUT2D eigenvalue weighted by Crippen LogP contribution is -2.49. The first-order chi connectivity index (χ1) is 18.5. The zero-order chi connectivity index (χ0) is 28.1. The molecule has 2 aliphatic rings. The number of aromatic amines is 1. The van der Waals surface area contributed by atoms with Crippen LogP contribution in [0.5, 0.6) is 0 Å². The van der Waals surface area contributed by atoms with Crippen LogP contribution in [0.1, 0.15) is 64.8 Å². The third-order valence-electron chi connectivity index (χ3n) is 7.46. The number of morpholine rings is 1. The molecule has 4 atom stereocenters. The number of ether oxygens (including phenoxy) is 1. The monoisotopic (exact) mass is 579 g/mol. The number of aromatic nitrogens is 3. The zero-order valence-electron chi connectivity index (χ0n) is 21.4. The molecule has 0 aliphatic carbocycles. The van der Waals surface area contributed by atoms with Crippen molar-refractivity contribution in [3.05, 3.63) is 73.9 Å². The summed E-state index contributed by atoms with van der Waals surface area (Å²) in [5.74, 6) is -3.07. The minimum Gasteiger partial charge on any atom is -0.391 e. The first kappa shape index (κ1) is 27.4. The van der Waals surface area contributed by atoms with E-state index in [1.165, 1.54) is 12.1 Å². The Labute approximate surface area is 228 Å². The molecule has 2 bridgehead atoms. The summed E-state index contributed by atoms with van der Waals surface area (Å²) in [4.78, 5) is 30.9. The lowest BCUT2D eigenvalue weighted by molar-refractivity contribution is -0.00749. The molecule has 2 aliphatic heterocycles. The van der Waals surface area contributed by atoms with Crippen molar-refractivity contribution in [2.75, 3.05) is 13.2 Å². The topological polar surface area (TPSA) is 147 Å². The number of nitrogens with zero attached hydrogens (tertiary/aromatic N) is 3. The lowest BCUT2D eigenvalue weighted by atomic mass is 9.88. The van der Waals surface area contributed by atoms with Crippen LogP contribution in [0.4, 0.5) is 4.39 Å². The van der Waals surface area contributed by atoms with Crippen LogP contribution in [0.2, 0.25) is 5.02 Å². The van der Waals surface area contributed by atoms with Gasteiger partial charge in [-0.2, -0.15) is 4.72 Å². The SMILES string of the molecule is Cc1ccc(F)c([C@@H](C)[C@H](NS(=O)(=O)c2ccc(Cl)c(C(=O)N3C4CCC3COC4)n2)c2n[nH]c(=O)o2)c1C. The molecule has 5 rings (SSSR count). The van der Waals surface area contributed by atoms with Crippen molar-refractivity contribution < 1.29 is 26.8 Å². The number of sulfonamides is 1. The molecular weight excluding hydrogens is 553 g/mol. The van der Waals surface area contributed by atoms with Crippen LogP contribution in [0.3, 0.4) is 0 Å². The van der Waals surface area contributed by atoms with Gasteiger partial charge in [-0.05, 0) is 61.6 Å². The van der Waals surface area contributed by atoms with Gasteiger partial charge in [0.25, 0.3) is 15.9 Å². The summed E-state index contributed by atoms with van der Waals surface area (Å²) in [6.45, 7) is 5.89. The van der Waals surface area contributed by atoms with Crippen LogP contribution in [0, 0.1) is 19.7 Å². The molecule has 1 aromatic carbocycles. The molecule has 2 N–H and O–H groups in total. The van der Waals surface area contributed by atoms with Gasteiger partial charge in [-0.3, -0.25) is 4.79 Å². The van der Waals surface area contributed by atoms with Crippen LogP contribution in [-0.2, 0) is 14.8 Å². The van der Waals surface area contributed by atoms with Gasteiger partial charge in [0, 0.05) is 5.92 Å². The first-order valence-electron chi connectivity index (χ1n) is 12.4. The Kier molecular flexibility index (Phi) is 7.35. The molecule has 14 heteroatoms. The smallest absolute Gasteiger partial charge is 0.391 e. The van der Waals surface area contributed by atoms with E-state index in [1.54, 1.807) is 31.7 Å². The largest absolute Gasteiger partial charge is 0.434 e. The molecule has 1 amide bonds. The molecule has 0 spiro atoms. The maximum atomic E-state index is 15.0. The summed E-state index contributed by atoms with van der Waals surface area (Å²) >= 11 is 6.30. The predicted molar refractivity (Wildman–Crippen MR) is 138 cm³/mol. The molecule has 0 radical (unpaired) electrons. The van der Waals surface area contributed by atoms with E-state index in [-0.39, 0.29) is 34.3 Å². The summed E-state index contributed by atoms with van der Waals surface area (Å²) in [6.07, 6.45) is 1.55. The quantitative estimate of drug-likeness (QED) is 0.434. The van der Waals surface area contributed by atoms with E-state index in [0.29, 0.717) is 18.8 Å². The molecule has 2 unspecified atom stereocenters. The highest BCUT2D eigenvalue weighted by Gasteiger charge is 2.42. The highest BCUT2D eigenvalue weighted by atomic mass is 35.5. The summed E-state index contributed by atoms with van der Waals surface area (Å²) in [6, 6.07) is 3.80. The van der Waals surface area contributed by atoms with Crippen LogP contribution in [-0.4, -0.2) is 59.7 Å². The van der Waals surface area contributed by atoms with Crippen LogP contribution >= 0.6 is 11.6 Å². The average molecular weight is 580 g/mol. The average Bonchev–Trinajstić information content (AvgIpc) is 3.43. The third kappa shape index (κ3) is 5.11. The van der Waals surface area contributed by atoms with Crippen molar-refractivity contribution >= 4 is 27.5 Å². The number of nitrogens with one attached hydrogen (secondary N) is 2. The van der Waals surface area contributed by atoms with Crippen LogP contribution < -0.4 is 10.5 Å². The van der Waals surface area contributed by atoms with E-state index in [9.17, 15) is 22.4 Å². The Morgan fingerprint density at radius 2 is 1.90 bits per heavy atom. The highest BCUT2D eigenvalue weighted by molar-refractivity contribution is 7.89. The van der Waals surface area contributed by atoms with Gasteiger partial charge in [0.15, 0.2) is 5.03 Å². The van der Waals surface area contributed by atoms with E-state index in [2.05, 4.69) is 19.9 Å². The molecule has 3 aromatic rings. The van der Waals surface area contributed by atoms with Crippen molar-refractivity contribution in [3.8, 4) is 0 Å². The van der Waals surface area contributed by atoms with E-state index < -0.39 is 44.5 Å². The molecule has 2 aromatic heterocycles. The number of hydrogen-bond acceptors (Lipinski definition) is 8. The molecule has 2 fully saturated rings. The molecule has 4 heterocycles. The van der Waals surface area contributed by atoms with Gasteiger partial charge in [0.2, 0.25) is 5.89 Å². The van der Waals surface area contributed by atoms with Gasteiger partial charge in [0.1, 0.15) is 17.6 Å². The maximum Gasteiger partial charge on any atom is 0.434 e. The van der Waals surface area contributed by atoms with Crippen molar-refractivity contribution in [1.29, 1.82) is 0 Å². The van der Waals surface area contributed by atoms with Gasteiger partial charge in [0.05, 0.1) is 30.3 Å². The standard InChI is InChI=1S/C25H27ClFN5O6S/c1-12-4-8-18(27)20(13(12)2)14(3)21(23-29-30-25(34)38-23)31-39(35,36)19-9-7-17(26)22(28-19)24(33)32-15-5-6-16(32)11-37-10-15/h4,7-9,14-16,21,31H,5-6,10-11H2,1-3H3,(H,30,34)/t14-,15?,16?,21+/m1/s1. The number of halogens is 2. The Bertz CT molecular complexity index is 1580. The maximum absolute atomic E-state index is 15.0. The predicted octanol–water partition coefficient (Wildman–Crippen LogP) is 2.99. The van der Waals surface area contributed by atoms with Crippen LogP contribution in [0.15, 0.2) is 38.5 Å². The Balaban J connectivity index is 1.51. The van der Waals surface area contributed by atoms with Gasteiger partial charge in [-0.1, -0.05) is 24.6 Å². The number of carbonyl (C=O) groups is 1. The Morgan fingerprint density at radius 1 is 1.21 bits per heavy atom. The van der Waals surface area contributed by atoms with Gasteiger partial charge in [-0.15, -0.1) is 5.10 Å². The second-order valence-electron chi connectivity index (χ2n) is 9.86. The minimum atomic E-state index is -4.46. The number of H-pyrrole nitrogens is 1. The molecule has 11 nitrogen and oxygen atoms in total. The fraction of sp³-hybridized carbons (Fsp3) is 0.440. The van der Waals surface area contributed by atoms with Crippen LogP contribution in [0.25, 0.3) is 0 Å². The zero-order valence-corrected chi connectivity index (χ0v) is 23.0. The normalized spacial score (nSPS) is 20.7. The minimum absolute atomic E-state index is 0.00511. The number of aryl methyl sites for hydroxylation is 1. The lowest BCUT2D eigenvalue weighted by Gasteiger charge is -2.34. The Hall–Kier alpha value is -3.13. The van der Waals surface area contributed by atoms with E-state index in [1.807, 2.05) is 0 Å². The molecule has 39 heavy (non-hydrogen) atoms. The number of benzene rings is 1. The highest BCUT2D eigenvalue weighted by Crippen LogP contribution is 2.36. The van der Waals surface area contributed by atoms with E-state index in [0.717, 1.165) is 24.5 Å². The second-order valence-corrected chi connectivity index (χ2v) is 11.9. The summed E-state index contributed by atoms with van der Waals surface area (Å²) in [5.41, 5.74) is 1.44. The van der Waals surface area contributed by atoms with Gasteiger partial charge in [-0.25, -0.2) is 27.7 Å². The second kappa shape index (κ2) is 10.5. The third-order valence-corrected chi connectivity index (χ3v) is 9.11.